The van der Waals surface area contributed by atoms with Crippen LogP contribution in [0.1, 0.15) is 24.2 Å². The molecular formula is C23H26N2O5. The fourth-order valence-electron chi connectivity index (χ4n) is 3.44. The van der Waals surface area contributed by atoms with E-state index in [2.05, 4.69) is 0 Å². The van der Waals surface area contributed by atoms with Crippen molar-refractivity contribution in [3.63, 3.8) is 0 Å². The molecule has 0 bridgehead atoms. The van der Waals surface area contributed by atoms with Crippen molar-refractivity contribution in [2.75, 3.05) is 32.3 Å². The summed E-state index contributed by atoms with van der Waals surface area (Å²) in [5.74, 6) is 1.42. The highest BCUT2D eigenvalue weighted by atomic mass is 16.5. The summed E-state index contributed by atoms with van der Waals surface area (Å²) in [7, 11) is 4.65. The number of hydrogen-bond donors (Lipinski definition) is 0. The van der Waals surface area contributed by atoms with Gasteiger partial charge in [-0.25, -0.2) is 0 Å². The summed E-state index contributed by atoms with van der Waals surface area (Å²) in [6.45, 7) is 4.86. The van der Waals surface area contributed by atoms with E-state index < -0.39 is 0 Å². The van der Waals surface area contributed by atoms with Gasteiger partial charge >= 0.3 is 0 Å². The average molecular weight is 410 g/mol. The standard InChI is InChI=1S/C23H26N2O5/c1-6-25(15-8-10-16(11-9-15)30-7-2)23(27)19-14-24(3)22(26)18-13-21(29-5)20(28-4)12-17(18)19/h8-14H,6-7H2,1-5H3. The van der Waals surface area contributed by atoms with Crippen molar-refractivity contribution < 1.29 is 19.0 Å². The number of benzene rings is 2. The topological polar surface area (TPSA) is 70.0 Å². The number of rotatable bonds is 7. The zero-order valence-corrected chi connectivity index (χ0v) is 17.9. The van der Waals surface area contributed by atoms with Gasteiger partial charge < -0.3 is 23.7 Å². The minimum Gasteiger partial charge on any atom is -0.494 e. The monoisotopic (exact) mass is 410 g/mol. The van der Waals surface area contributed by atoms with Crippen molar-refractivity contribution in [3.8, 4) is 17.2 Å². The molecule has 0 aliphatic carbocycles. The lowest BCUT2D eigenvalue weighted by atomic mass is 10.0. The second-order valence-corrected chi connectivity index (χ2v) is 6.69. The highest BCUT2D eigenvalue weighted by Crippen LogP contribution is 2.33. The van der Waals surface area contributed by atoms with Crippen LogP contribution < -0.4 is 24.7 Å². The Labute approximate surface area is 175 Å². The predicted octanol–water partition coefficient (Wildman–Crippen LogP) is 3.62. The number of aryl methyl sites for hydroxylation is 1. The number of pyridine rings is 1. The van der Waals surface area contributed by atoms with Crippen LogP contribution in [0.2, 0.25) is 0 Å². The van der Waals surface area contributed by atoms with Crippen molar-refractivity contribution in [3.05, 3.63) is 58.5 Å². The molecule has 0 aliphatic heterocycles. The summed E-state index contributed by atoms with van der Waals surface area (Å²) in [5, 5.41) is 0.911. The number of amides is 1. The molecule has 158 valence electrons. The number of hydrogen-bond acceptors (Lipinski definition) is 5. The van der Waals surface area contributed by atoms with Gasteiger partial charge in [-0.1, -0.05) is 0 Å². The first kappa shape index (κ1) is 21.2. The molecule has 1 amide bonds. The van der Waals surface area contributed by atoms with Crippen LogP contribution in [0, 0.1) is 0 Å². The molecular weight excluding hydrogens is 384 g/mol. The normalized spacial score (nSPS) is 10.7. The molecule has 0 N–H and O–H groups in total. The maximum absolute atomic E-state index is 13.5. The lowest BCUT2D eigenvalue weighted by molar-refractivity contribution is 0.0989. The summed E-state index contributed by atoms with van der Waals surface area (Å²) < 4.78 is 17.6. The number of nitrogens with zero attached hydrogens (tertiary/aromatic N) is 2. The average Bonchev–Trinajstić information content (AvgIpc) is 2.77. The van der Waals surface area contributed by atoms with E-state index in [9.17, 15) is 9.59 Å². The molecule has 0 aliphatic rings. The SMILES string of the molecule is CCOc1ccc(N(CC)C(=O)c2cn(C)c(=O)c3cc(OC)c(OC)cc23)cc1. The van der Waals surface area contributed by atoms with Crippen molar-refractivity contribution in [1.82, 2.24) is 4.57 Å². The number of carbonyl (C=O) groups excluding carboxylic acids is 1. The van der Waals surface area contributed by atoms with Gasteiger partial charge in [-0.15, -0.1) is 0 Å². The van der Waals surface area contributed by atoms with Gasteiger partial charge in [0, 0.05) is 30.9 Å². The Morgan fingerprint density at radius 3 is 2.13 bits per heavy atom. The lowest BCUT2D eigenvalue weighted by Crippen LogP contribution is -2.32. The van der Waals surface area contributed by atoms with Gasteiger partial charge in [-0.2, -0.15) is 0 Å². The van der Waals surface area contributed by atoms with E-state index in [1.165, 1.54) is 18.8 Å². The largest absolute Gasteiger partial charge is 0.494 e. The Morgan fingerprint density at radius 2 is 1.60 bits per heavy atom. The van der Waals surface area contributed by atoms with E-state index in [1.807, 2.05) is 38.1 Å². The van der Waals surface area contributed by atoms with Crippen LogP contribution in [0.4, 0.5) is 5.69 Å². The summed E-state index contributed by atoms with van der Waals surface area (Å²) in [5.41, 5.74) is 0.934. The van der Waals surface area contributed by atoms with Crippen LogP contribution in [0.5, 0.6) is 17.2 Å². The summed E-state index contributed by atoms with van der Waals surface area (Å²) >= 11 is 0. The van der Waals surface area contributed by atoms with Crippen LogP contribution in [0.25, 0.3) is 10.8 Å². The third-order valence-electron chi connectivity index (χ3n) is 4.94. The molecule has 1 aromatic heterocycles. The predicted molar refractivity (Wildman–Crippen MR) is 117 cm³/mol. The lowest BCUT2D eigenvalue weighted by Gasteiger charge is -2.23. The van der Waals surface area contributed by atoms with Gasteiger partial charge in [0.2, 0.25) is 0 Å². The Bertz CT molecular complexity index is 1120. The first-order chi connectivity index (χ1) is 14.4. The van der Waals surface area contributed by atoms with Crippen molar-refractivity contribution in [2.24, 2.45) is 7.05 Å². The highest BCUT2D eigenvalue weighted by molar-refractivity contribution is 6.14. The molecule has 2 aromatic carbocycles. The molecule has 1 heterocycles. The smallest absolute Gasteiger partial charge is 0.260 e. The number of fused-ring (bicyclic) bond motifs is 1. The van der Waals surface area contributed by atoms with Gasteiger partial charge in [0.1, 0.15) is 5.75 Å². The molecule has 7 nitrogen and oxygen atoms in total. The van der Waals surface area contributed by atoms with Gasteiger partial charge in [0.05, 0.1) is 31.8 Å². The summed E-state index contributed by atoms with van der Waals surface area (Å²) in [6.07, 6.45) is 1.57. The molecule has 0 fully saturated rings. The number of carbonyl (C=O) groups is 1. The fourth-order valence-corrected chi connectivity index (χ4v) is 3.44. The zero-order valence-electron chi connectivity index (χ0n) is 17.9. The molecule has 7 heteroatoms. The number of aromatic nitrogens is 1. The quantitative estimate of drug-likeness (QED) is 0.595. The third-order valence-corrected chi connectivity index (χ3v) is 4.94. The molecule has 0 unspecified atom stereocenters. The maximum Gasteiger partial charge on any atom is 0.260 e. The Balaban J connectivity index is 2.14. The molecule has 30 heavy (non-hydrogen) atoms. The Hall–Kier alpha value is -3.48. The second kappa shape index (κ2) is 8.90. The van der Waals surface area contributed by atoms with E-state index >= 15 is 0 Å². The van der Waals surface area contributed by atoms with E-state index in [0.717, 1.165) is 11.4 Å². The van der Waals surface area contributed by atoms with Gasteiger partial charge in [-0.3, -0.25) is 9.59 Å². The first-order valence-corrected chi connectivity index (χ1v) is 9.75. The fraction of sp³-hybridized carbons (Fsp3) is 0.304. The third kappa shape index (κ3) is 3.83. The minimum atomic E-state index is -0.216. The second-order valence-electron chi connectivity index (χ2n) is 6.69. The first-order valence-electron chi connectivity index (χ1n) is 9.75. The molecule has 0 saturated carbocycles. The molecule has 0 radical (unpaired) electrons. The van der Waals surface area contributed by atoms with Gasteiger partial charge in [0.15, 0.2) is 11.5 Å². The van der Waals surface area contributed by atoms with E-state index in [4.69, 9.17) is 14.2 Å². The van der Waals surface area contributed by atoms with Gasteiger partial charge in [-0.05, 0) is 50.2 Å². The zero-order chi connectivity index (χ0) is 21.8. The van der Waals surface area contributed by atoms with Crippen molar-refractivity contribution in [2.45, 2.75) is 13.8 Å². The molecule has 0 atom stereocenters. The van der Waals surface area contributed by atoms with Crippen LogP contribution in [-0.2, 0) is 7.05 Å². The van der Waals surface area contributed by atoms with Crippen LogP contribution in [0.3, 0.4) is 0 Å². The molecule has 0 spiro atoms. The van der Waals surface area contributed by atoms with Gasteiger partial charge in [0.25, 0.3) is 11.5 Å². The highest BCUT2D eigenvalue weighted by Gasteiger charge is 2.22. The van der Waals surface area contributed by atoms with Crippen LogP contribution in [-0.4, -0.2) is 37.8 Å². The Morgan fingerprint density at radius 1 is 1.00 bits per heavy atom. The Kier molecular flexibility index (Phi) is 6.30. The number of anilines is 1. The van der Waals surface area contributed by atoms with Crippen molar-refractivity contribution in [1.29, 1.82) is 0 Å². The van der Waals surface area contributed by atoms with Crippen LogP contribution >= 0.6 is 0 Å². The maximum atomic E-state index is 13.5. The minimum absolute atomic E-state index is 0.213. The van der Waals surface area contributed by atoms with Crippen LogP contribution in [0.15, 0.2) is 47.4 Å². The van der Waals surface area contributed by atoms with Crippen molar-refractivity contribution >= 4 is 22.4 Å². The number of methoxy groups -OCH3 is 2. The number of ether oxygens (including phenoxy) is 3. The summed E-state index contributed by atoms with van der Waals surface area (Å²) in [4.78, 5) is 27.9. The van der Waals surface area contributed by atoms with E-state index in [-0.39, 0.29) is 11.5 Å². The summed E-state index contributed by atoms with van der Waals surface area (Å²) in [6, 6.07) is 10.7. The van der Waals surface area contributed by atoms with E-state index in [1.54, 1.807) is 30.3 Å². The van der Waals surface area contributed by atoms with E-state index in [0.29, 0.717) is 41.0 Å². The molecule has 3 aromatic rings. The molecule has 0 saturated heterocycles. The molecule has 3 rings (SSSR count).